The molecule has 0 aromatic heterocycles. The van der Waals surface area contributed by atoms with Gasteiger partial charge < -0.3 is 15.0 Å². The van der Waals surface area contributed by atoms with Crippen LogP contribution in [0.3, 0.4) is 0 Å². The Hall–Kier alpha value is -3.00. The Morgan fingerprint density at radius 3 is 2.68 bits per heavy atom. The summed E-state index contributed by atoms with van der Waals surface area (Å²) in [5.41, 5.74) is 1.59. The molecule has 3 rings (SSSR count). The minimum absolute atomic E-state index is 0.0927. The maximum Gasteiger partial charge on any atom is 0.324 e. The third kappa shape index (κ3) is 4.45. The Morgan fingerprint density at radius 1 is 1.14 bits per heavy atom. The van der Waals surface area contributed by atoms with Crippen LogP contribution in [0.4, 0.5) is 25.0 Å². The van der Waals surface area contributed by atoms with Gasteiger partial charge in [0.1, 0.15) is 6.61 Å². The fourth-order valence-electron chi connectivity index (χ4n) is 3.14. The molecule has 0 radical (unpaired) electrons. The van der Waals surface area contributed by atoms with Crippen LogP contribution in [-0.2, 0) is 16.1 Å². The summed E-state index contributed by atoms with van der Waals surface area (Å²) in [6.45, 7) is 1.08. The number of carbonyl (C=O) groups excluding carboxylic acids is 2. The van der Waals surface area contributed by atoms with Gasteiger partial charge in [0, 0.05) is 26.7 Å². The van der Waals surface area contributed by atoms with Gasteiger partial charge in [-0.05, 0) is 36.2 Å². The molecule has 1 aliphatic rings. The molecular weight excluding hydrogens is 368 g/mol. The molecule has 3 amide bonds. The normalized spacial score (nSPS) is 14.3. The number of benzene rings is 2. The second kappa shape index (κ2) is 8.79. The average Bonchev–Trinajstić information content (AvgIpc) is 2.67. The number of anilines is 2. The molecular formula is C20H21F2N3O3. The van der Waals surface area contributed by atoms with Crippen molar-refractivity contribution >= 4 is 23.3 Å². The zero-order valence-corrected chi connectivity index (χ0v) is 15.5. The van der Waals surface area contributed by atoms with Crippen LogP contribution < -0.4 is 10.2 Å². The molecule has 28 heavy (non-hydrogen) atoms. The van der Waals surface area contributed by atoms with E-state index in [1.807, 2.05) is 0 Å². The number of amides is 3. The molecule has 1 N–H and O–H groups in total. The minimum Gasteiger partial charge on any atom is -0.375 e. The van der Waals surface area contributed by atoms with Crippen molar-refractivity contribution in [3.05, 3.63) is 59.7 Å². The first-order valence-electron chi connectivity index (χ1n) is 8.88. The summed E-state index contributed by atoms with van der Waals surface area (Å²) in [7, 11) is 1.43. The van der Waals surface area contributed by atoms with E-state index in [0.717, 1.165) is 12.1 Å². The molecule has 6 nitrogen and oxygen atoms in total. The highest BCUT2D eigenvalue weighted by Gasteiger charge is 2.28. The molecule has 0 spiro atoms. The SMILES string of the molecule is COCC(=O)Nc1ccccc1N1CCCN(Cc2ccc(F)c(F)c2)C1=O. The van der Waals surface area contributed by atoms with Gasteiger partial charge in [-0.2, -0.15) is 0 Å². The number of halogens is 2. The van der Waals surface area contributed by atoms with Crippen LogP contribution in [0, 0.1) is 11.6 Å². The Labute approximate surface area is 161 Å². The van der Waals surface area contributed by atoms with E-state index in [4.69, 9.17) is 4.74 Å². The molecule has 148 valence electrons. The first kappa shape index (κ1) is 19.8. The number of hydrogen-bond acceptors (Lipinski definition) is 3. The number of carbonyl (C=O) groups is 2. The van der Waals surface area contributed by atoms with Crippen LogP contribution in [-0.4, -0.2) is 43.6 Å². The number of nitrogens with one attached hydrogen (secondary N) is 1. The van der Waals surface area contributed by atoms with Crippen molar-refractivity contribution in [3.63, 3.8) is 0 Å². The second-order valence-corrected chi connectivity index (χ2v) is 6.46. The molecule has 1 saturated heterocycles. The molecule has 0 unspecified atom stereocenters. The van der Waals surface area contributed by atoms with Crippen molar-refractivity contribution in [1.82, 2.24) is 4.90 Å². The lowest BCUT2D eigenvalue weighted by atomic mass is 10.1. The maximum atomic E-state index is 13.5. The Kier molecular flexibility index (Phi) is 6.20. The van der Waals surface area contributed by atoms with Gasteiger partial charge in [-0.3, -0.25) is 9.69 Å². The van der Waals surface area contributed by atoms with Crippen LogP contribution in [0.25, 0.3) is 0 Å². The topological polar surface area (TPSA) is 61.9 Å². The molecule has 8 heteroatoms. The van der Waals surface area contributed by atoms with Crippen molar-refractivity contribution in [2.24, 2.45) is 0 Å². The van der Waals surface area contributed by atoms with Crippen LogP contribution in [0.1, 0.15) is 12.0 Å². The van der Waals surface area contributed by atoms with Crippen molar-refractivity contribution in [1.29, 1.82) is 0 Å². The first-order chi connectivity index (χ1) is 13.5. The standard InChI is InChI=1S/C20H21F2N3O3/c1-28-13-19(26)23-17-5-2-3-6-18(17)25-10-4-9-24(20(25)27)12-14-7-8-15(21)16(22)11-14/h2-3,5-8,11H,4,9-10,12-13H2,1H3,(H,23,26). The summed E-state index contributed by atoms with van der Waals surface area (Å²) >= 11 is 0. The average molecular weight is 389 g/mol. The Bertz CT molecular complexity index is 876. The molecule has 1 fully saturated rings. The van der Waals surface area contributed by atoms with Gasteiger partial charge >= 0.3 is 6.03 Å². The third-order valence-electron chi connectivity index (χ3n) is 4.41. The molecule has 2 aromatic rings. The van der Waals surface area contributed by atoms with E-state index in [1.165, 1.54) is 13.2 Å². The molecule has 0 saturated carbocycles. The van der Waals surface area contributed by atoms with Gasteiger partial charge in [0.2, 0.25) is 5.91 Å². The number of ether oxygens (including phenoxy) is 1. The smallest absolute Gasteiger partial charge is 0.324 e. The number of nitrogens with zero attached hydrogens (tertiary/aromatic N) is 2. The predicted octanol–water partition coefficient (Wildman–Crippen LogP) is 3.38. The number of hydrogen-bond donors (Lipinski definition) is 1. The zero-order valence-electron chi connectivity index (χ0n) is 15.5. The van der Waals surface area contributed by atoms with E-state index in [2.05, 4.69) is 5.32 Å². The molecule has 1 aliphatic heterocycles. The summed E-state index contributed by atoms with van der Waals surface area (Å²) in [4.78, 5) is 28.0. The molecule has 0 aliphatic carbocycles. The first-order valence-corrected chi connectivity index (χ1v) is 8.88. The van der Waals surface area contributed by atoms with Crippen LogP contribution >= 0.6 is 0 Å². The van der Waals surface area contributed by atoms with Crippen molar-refractivity contribution < 1.29 is 23.1 Å². The summed E-state index contributed by atoms with van der Waals surface area (Å²) in [6.07, 6.45) is 0.704. The highest BCUT2D eigenvalue weighted by atomic mass is 19.2. The van der Waals surface area contributed by atoms with Crippen LogP contribution in [0.5, 0.6) is 0 Å². The van der Waals surface area contributed by atoms with E-state index >= 15 is 0 Å². The summed E-state index contributed by atoms with van der Waals surface area (Å²) in [6, 6.07) is 10.4. The third-order valence-corrected chi connectivity index (χ3v) is 4.41. The molecule has 0 bridgehead atoms. The minimum atomic E-state index is -0.940. The van der Waals surface area contributed by atoms with Gasteiger partial charge in [0.25, 0.3) is 0 Å². The van der Waals surface area contributed by atoms with Crippen LogP contribution in [0.2, 0.25) is 0 Å². The maximum absolute atomic E-state index is 13.5. The van der Waals surface area contributed by atoms with Crippen molar-refractivity contribution in [3.8, 4) is 0 Å². The van der Waals surface area contributed by atoms with Gasteiger partial charge in [-0.25, -0.2) is 13.6 Å². The lowest BCUT2D eigenvalue weighted by molar-refractivity contribution is -0.119. The zero-order chi connectivity index (χ0) is 20.1. The number of para-hydroxylation sites is 2. The molecule has 0 atom stereocenters. The van der Waals surface area contributed by atoms with Crippen molar-refractivity contribution in [2.75, 3.05) is 37.0 Å². The summed E-state index contributed by atoms with van der Waals surface area (Å²) in [5, 5.41) is 2.74. The fraction of sp³-hybridized carbons (Fsp3) is 0.300. The largest absolute Gasteiger partial charge is 0.375 e. The lowest BCUT2D eigenvalue weighted by Crippen LogP contribution is -2.49. The van der Waals surface area contributed by atoms with Gasteiger partial charge in [-0.1, -0.05) is 18.2 Å². The molecule has 2 aromatic carbocycles. The van der Waals surface area contributed by atoms with E-state index < -0.39 is 11.6 Å². The number of rotatable bonds is 6. The van der Waals surface area contributed by atoms with Crippen molar-refractivity contribution in [2.45, 2.75) is 13.0 Å². The van der Waals surface area contributed by atoms with E-state index in [9.17, 15) is 18.4 Å². The molecule has 1 heterocycles. The number of urea groups is 1. The quantitative estimate of drug-likeness (QED) is 0.824. The summed E-state index contributed by atoms with van der Waals surface area (Å²) in [5.74, 6) is -2.18. The van der Waals surface area contributed by atoms with Gasteiger partial charge in [0.05, 0.1) is 11.4 Å². The monoisotopic (exact) mass is 389 g/mol. The van der Waals surface area contributed by atoms with E-state index in [0.29, 0.717) is 36.4 Å². The van der Waals surface area contributed by atoms with Gasteiger partial charge in [-0.15, -0.1) is 0 Å². The highest BCUT2D eigenvalue weighted by molar-refractivity contribution is 6.01. The second-order valence-electron chi connectivity index (χ2n) is 6.46. The summed E-state index contributed by atoms with van der Waals surface area (Å²) < 4.78 is 31.4. The van der Waals surface area contributed by atoms with E-state index in [1.54, 1.807) is 34.1 Å². The Balaban J connectivity index is 1.79. The van der Waals surface area contributed by atoms with E-state index in [-0.39, 0.29) is 25.1 Å². The fourth-order valence-corrected chi connectivity index (χ4v) is 3.14. The lowest BCUT2D eigenvalue weighted by Gasteiger charge is -2.36. The predicted molar refractivity (Wildman–Crippen MR) is 101 cm³/mol. The number of methoxy groups -OCH3 is 1. The Morgan fingerprint density at radius 2 is 1.93 bits per heavy atom. The highest BCUT2D eigenvalue weighted by Crippen LogP contribution is 2.29. The van der Waals surface area contributed by atoms with Crippen LogP contribution in [0.15, 0.2) is 42.5 Å². The van der Waals surface area contributed by atoms with Gasteiger partial charge in [0.15, 0.2) is 11.6 Å².